The third kappa shape index (κ3) is 3.86. The molecule has 3 heteroatoms. The molecule has 0 saturated carbocycles. The fourth-order valence-electron chi connectivity index (χ4n) is 1.74. The van der Waals surface area contributed by atoms with Gasteiger partial charge < -0.3 is 9.84 Å². The zero-order valence-corrected chi connectivity index (χ0v) is 10.2. The van der Waals surface area contributed by atoms with Gasteiger partial charge >= 0.3 is 0 Å². The van der Waals surface area contributed by atoms with Crippen molar-refractivity contribution in [3.8, 4) is 5.75 Å². The van der Waals surface area contributed by atoms with Gasteiger partial charge in [0.15, 0.2) is 0 Å². The summed E-state index contributed by atoms with van der Waals surface area (Å²) >= 11 is 0. The standard InChI is InChI=1S/C15H17NO2/c17-12-14-11-15(8-9-16-14)18-10-4-7-13-5-2-1-3-6-13/h1-3,5-6,8-9,11,17H,4,7,10,12H2. The van der Waals surface area contributed by atoms with E-state index in [0.717, 1.165) is 18.6 Å². The number of ether oxygens (including phenoxy) is 1. The van der Waals surface area contributed by atoms with Gasteiger partial charge in [0, 0.05) is 12.3 Å². The molecule has 1 heterocycles. The van der Waals surface area contributed by atoms with E-state index in [2.05, 4.69) is 17.1 Å². The van der Waals surface area contributed by atoms with Crippen molar-refractivity contribution in [3.63, 3.8) is 0 Å². The average Bonchev–Trinajstić information content (AvgIpc) is 2.45. The fraction of sp³-hybridized carbons (Fsp3) is 0.267. The summed E-state index contributed by atoms with van der Waals surface area (Å²) in [6.45, 7) is 0.616. The Morgan fingerprint density at radius 3 is 2.72 bits per heavy atom. The van der Waals surface area contributed by atoms with E-state index in [1.165, 1.54) is 5.56 Å². The van der Waals surface area contributed by atoms with Crippen molar-refractivity contribution in [1.82, 2.24) is 4.98 Å². The molecule has 2 aromatic rings. The minimum Gasteiger partial charge on any atom is -0.493 e. The van der Waals surface area contributed by atoms with Gasteiger partial charge in [-0.15, -0.1) is 0 Å². The first-order valence-electron chi connectivity index (χ1n) is 6.11. The lowest BCUT2D eigenvalue weighted by Gasteiger charge is -2.06. The van der Waals surface area contributed by atoms with E-state index in [4.69, 9.17) is 9.84 Å². The number of aliphatic hydroxyl groups excluding tert-OH is 1. The van der Waals surface area contributed by atoms with Crippen LogP contribution < -0.4 is 4.74 Å². The van der Waals surface area contributed by atoms with Crippen LogP contribution in [0.4, 0.5) is 0 Å². The van der Waals surface area contributed by atoms with E-state index in [-0.39, 0.29) is 6.61 Å². The first-order chi connectivity index (χ1) is 8.88. The van der Waals surface area contributed by atoms with Crippen molar-refractivity contribution in [1.29, 1.82) is 0 Å². The molecule has 18 heavy (non-hydrogen) atoms. The lowest BCUT2D eigenvalue weighted by molar-refractivity contribution is 0.273. The van der Waals surface area contributed by atoms with Crippen LogP contribution in [0.25, 0.3) is 0 Å². The van der Waals surface area contributed by atoms with Crippen molar-refractivity contribution >= 4 is 0 Å². The van der Waals surface area contributed by atoms with Gasteiger partial charge in [-0.25, -0.2) is 0 Å². The van der Waals surface area contributed by atoms with Gasteiger partial charge in [-0.05, 0) is 24.5 Å². The average molecular weight is 243 g/mol. The second-order valence-electron chi connectivity index (χ2n) is 4.08. The van der Waals surface area contributed by atoms with Crippen molar-refractivity contribution < 1.29 is 9.84 Å². The topological polar surface area (TPSA) is 42.4 Å². The molecule has 0 spiro atoms. The third-order valence-corrected chi connectivity index (χ3v) is 2.67. The van der Waals surface area contributed by atoms with Crippen LogP contribution in [-0.2, 0) is 13.0 Å². The maximum absolute atomic E-state index is 8.96. The number of hydrogen-bond donors (Lipinski definition) is 1. The van der Waals surface area contributed by atoms with E-state index in [0.29, 0.717) is 12.3 Å². The molecule has 0 aliphatic carbocycles. The molecule has 0 atom stereocenters. The van der Waals surface area contributed by atoms with Gasteiger partial charge in [-0.2, -0.15) is 0 Å². The highest BCUT2D eigenvalue weighted by molar-refractivity contribution is 5.22. The van der Waals surface area contributed by atoms with E-state index in [9.17, 15) is 0 Å². The summed E-state index contributed by atoms with van der Waals surface area (Å²) < 4.78 is 5.62. The summed E-state index contributed by atoms with van der Waals surface area (Å²) in [5.74, 6) is 0.766. The molecular formula is C15H17NO2. The quantitative estimate of drug-likeness (QED) is 0.793. The second-order valence-corrected chi connectivity index (χ2v) is 4.08. The third-order valence-electron chi connectivity index (χ3n) is 2.67. The Morgan fingerprint density at radius 1 is 1.11 bits per heavy atom. The molecule has 0 aliphatic rings. The predicted octanol–water partition coefficient (Wildman–Crippen LogP) is 2.59. The summed E-state index contributed by atoms with van der Waals surface area (Å²) in [7, 11) is 0. The smallest absolute Gasteiger partial charge is 0.122 e. The van der Waals surface area contributed by atoms with Crippen molar-refractivity contribution in [2.24, 2.45) is 0 Å². The highest BCUT2D eigenvalue weighted by Crippen LogP contribution is 2.11. The highest BCUT2D eigenvalue weighted by atomic mass is 16.5. The van der Waals surface area contributed by atoms with Crippen LogP contribution in [0, 0.1) is 0 Å². The molecule has 1 aromatic heterocycles. The van der Waals surface area contributed by atoms with Gasteiger partial charge in [0.05, 0.1) is 18.9 Å². The first-order valence-corrected chi connectivity index (χ1v) is 6.11. The Kier molecular flexibility index (Phi) is 4.73. The Hall–Kier alpha value is -1.87. The molecular weight excluding hydrogens is 226 g/mol. The summed E-state index contributed by atoms with van der Waals surface area (Å²) in [4.78, 5) is 4.00. The van der Waals surface area contributed by atoms with Crippen LogP contribution in [0.1, 0.15) is 17.7 Å². The number of nitrogens with zero attached hydrogens (tertiary/aromatic N) is 1. The SMILES string of the molecule is OCc1cc(OCCCc2ccccc2)ccn1. The summed E-state index contributed by atoms with van der Waals surface area (Å²) in [6, 6.07) is 13.9. The fourth-order valence-corrected chi connectivity index (χ4v) is 1.74. The van der Waals surface area contributed by atoms with Crippen LogP contribution in [0.3, 0.4) is 0 Å². The molecule has 2 rings (SSSR count). The molecule has 0 aliphatic heterocycles. The summed E-state index contributed by atoms with van der Waals surface area (Å²) in [5.41, 5.74) is 1.96. The molecule has 0 radical (unpaired) electrons. The first kappa shape index (κ1) is 12.6. The van der Waals surface area contributed by atoms with Crippen LogP contribution in [0.2, 0.25) is 0 Å². The highest BCUT2D eigenvalue weighted by Gasteiger charge is 1.97. The van der Waals surface area contributed by atoms with Gasteiger partial charge in [0.2, 0.25) is 0 Å². The van der Waals surface area contributed by atoms with Crippen molar-refractivity contribution in [2.45, 2.75) is 19.4 Å². The van der Waals surface area contributed by atoms with Gasteiger partial charge in [0.1, 0.15) is 5.75 Å². The number of aryl methyl sites for hydroxylation is 1. The number of hydrogen-bond acceptors (Lipinski definition) is 3. The van der Waals surface area contributed by atoms with Crippen LogP contribution in [0.15, 0.2) is 48.7 Å². The van der Waals surface area contributed by atoms with E-state index < -0.39 is 0 Å². The maximum Gasteiger partial charge on any atom is 0.122 e. The molecule has 0 unspecified atom stereocenters. The molecule has 0 saturated heterocycles. The van der Waals surface area contributed by atoms with Crippen LogP contribution in [-0.4, -0.2) is 16.7 Å². The number of aromatic nitrogens is 1. The molecule has 3 nitrogen and oxygen atoms in total. The number of benzene rings is 1. The van der Waals surface area contributed by atoms with E-state index in [1.54, 1.807) is 12.3 Å². The normalized spacial score (nSPS) is 10.3. The van der Waals surface area contributed by atoms with Gasteiger partial charge in [-0.1, -0.05) is 30.3 Å². The van der Waals surface area contributed by atoms with Crippen LogP contribution >= 0.6 is 0 Å². The molecule has 0 bridgehead atoms. The van der Waals surface area contributed by atoms with Gasteiger partial charge in [-0.3, -0.25) is 4.98 Å². The van der Waals surface area contributed by atoms with Crippen LogP contribution in [0.5, 0.6) is 5.75 Å². The van der Waals surface area contributed by atoms with Crippen molar-refractivity contribution in [3.05, 3.63) is 59.9 Å². The van der Waals surface area contributed by atoms with Crippen molar-refractivity contribution in [2.75, 3.05) is 6.61 Å². The lowest BCUT2D eigenvalue weighted by atomic mass is 10.1. The molecule has 1 aromatic carbocycles. The summed E-state index contributed by atoms with van der Waals surface area (Å²) in [5, 5.41) is 8.96. The zero-order chi connectivity index (χ0) is 12.6. The molecule has 94 valence electrons. The number of rotatable bonds is 6. The van der Waals surface area contributed by atoms with E-state index in [1.807, 2.05) is 24.3 Å². The maximum atomic E-state index is 8.96. The van der Waals surface area contributed by atoms with Gasteiger partial charge in [0.25, 0.3) is 0 Å². The molecule has 0 amide bonds. The number of aliphatic hydroxyl groups is 1. The predicted molar refractivity (Wildman–Crippen MR) is 70.4 cm³/mol. The molecule has 1 N–H and O–H groups in total. The Balaban J connectivity index is 1.75. The Morgan fingerprint density at radius 2 is 1.94 bits per heavy atom. The summed E-state index contributed by atoms with van der Waals surface area (Å²) in [6.07, 6.45) is 3.64. The largest absolute Gasteiger partial charge is 0.493 e. The minimum atomic E-state index is -0.0543. The Bertz CT molecular complexity index is 471. The zero-order valence-electron chi connectivity index (χ0n) is 10.2. The second kappa shape index (κ2) is 6.77. The monoisotopic (exact) mass is 243 g/mol. The number of pyridine rings is 1. The molecule has 0 fully saturated rings. The lowest BCUT2D eigenvalue weighted by Crippen LogP contribution is -2.00. The van der Waals surface area contributed by atoms with E-state index >= 15 is 0 Å². The Labute approximate surface area is 107 Å². The minimum absolute atomic E-state index is 0.0543.